The van der Waals surface area contributed by atoms with Gasteiger partial charge in [-0.15, -0.1) is 11.8 Å². The average molecular weight is 444 g/mol. The molecule has 1 atom stereocenters. The Morgan fingerprint density at radius 2 is 1.79 bits per heavy atom. The summed E-state index contributed by atoms with van der Waals surface area (Å²) < 4.78 is 6.11. The molecule has 1 unspecified atom stereocenters. The minimum Gasteiger partial charge on any atom is -0.489 e. The summed E-state index contributed by atoms with van der Waals surface area (Å²) in [6.07, 6.45) is 0. The van der Waals surface area contributed by atoms with E-state index in [2.05, 4.69) is 0 Å². The number of ether oxygens (including phenoxy) is 1. The number of nitrogens with zero attached hydrogens (tertiary/aromatic N) is 1. The molecule has 1 amide bonds. The smallest absolute Gasteiger partial charge is 0.256 e. The van der Waals surface area contributed by atoms with E-state index in [-0.39, 0.29) is 11.3 Å². The number of carbonyl (C=O) groups is 1. The Kier molecular flexibility index (Phi) is 6.34. The number of amides is 1. The number of carbonyl (C=O) groups excluding carboxylic acids is 1. The second-order valence-electron chi connectivity index (χ2n) is 6.66. The maximum atomic E-state index is 13.2. The molecule has 1 saturated heterocycles. The van der Waals surface area contributed by atoms with Crippen molar-refractivity contribution in [1.29, 1.82) is 0 Å². The SMILES string of the molecule is O=C(c1ccc(Cl)cc1Cl)N1CCSC1c1ccccc1OCc1ccccc1. The molecule has 3 aromatic rings. The summed E-state index contributed by atoms with van der Waals surface area (Å²) in [6, 6.07) is 22.9. The summed E-state index contributed by atoms with van der Waals surface area (Å²) in [4.78, 5) is 15.0. The van der Waals surface area contributed by atoms with E-state index in [1.807, 2.05) is 59.5 Å². The van der Waals surface area contributed by atoms with Crippen LogP contribution in [0, 0.1) is 0 Å². The Hall–Kier alpha value is -2.14. The van der Waals surface area contributed by atoms with E-state index in [4.69, 9.17) is 27.9 Å². The third kappa shape index (κ3) is 4.55. The van der Waals surface area contributed by atoms with Crippen LogP contribution in [0.4, 0.5) is 0 Å². The molecule has 3 aromatic carbocycles. The van der Waals surface area contributed by atoms with Crippen LogP contribution in [-0.2, 0) is 6.61 Å². The van der Waals surface area contributed by atoms with E-state index in [0.29, 0.717) is 28.8 Å². The number of hydrogen-bond donors (Lipinski definition) is 0. The van der Waals surface area contributed by atoms with Crippen LogP contribution in [0.25, 0.3) is 0 Å². The van der Waals surface area contributed by atoms with Crippen molar-refractivity contribution in [3.8, 4) is 5.75 Å². The molecule has 6 heteroatoms. The molecule has 4 rings (SSSR count). The van der Waals surface area contributed by atoms with E-state index in [9.17, 15) is 4.79 Å². The van der Waals surface area contributed by atoms with Gasteiger partial charge < -0.3 is 9.64 Å². The molecule has 29 heavy (non-hydrogen) atoms. The predicted octanol–water partition coefficient (Wildman–Crippen LogP) is 6.46. The molecule has 1 fully saturated rings. The largest absolute Gasteiger partial charge is 0.489 e. The van der Waals surface area contributed by atoms with Gasteiger partial charge in [-0.1, -0.05) is 71.7 Å². The van der Waals surface area contributed by atoms with Crippen LogP contribution in [-0.4, -0.2) is 23.1 Å². The van der Waals surface area contributed by atoms with Gasteiger partial charge in [-0.05, 0) is 29.8 Å². The molecule has 1 heterocycles. The highest BCUT2D eigenvalue weighted by Crippen LogP contribution is 2.43. The zero-order valence-electron chi connectivity index (χ0n) is 15.6. The monoisotopic (exact) mass is 443 g/mol. The van der Waals surface area contributed by atoms with Gasteiger partial charge in [0.05, 0.1) is 10.6 Å². The van der Waals surface area contributed by atoms with Crippen LogP contribution in [0.5, 0.6) is 5.75 Å². The van der Waals surface area contributed by atoms with Crippen LogP contribution in [0.3, 0.4) is 0 Å². The molecule has 1 aliphatic heterocycles. The van der Waals surface area contributed by atoms with E-state index in [1.54, 1.807) is 30.0 Å². The van der Waals surface area contributed by atoms with Crippen molar-refractivity contribution in [2.75, 3.05) is 12.3 Å². The first-order chi connectivity index (χ1) is 14.1. The molecule has 0 saturated carbocycles. The van der Waals surface area contributed by atoms with Gasteiger partial charge >= 0.3 is 0 Å². The standard InChI is InChI=1S/C23H19Cl2NO2S/c24-17-10-11-18(20(25)14-17)22(27)26-12-13-29-23(26)19-8-4-5-9-21(19)28-15-16-6-2-1-3-7-16/h1-11,14,23H,12-13,15H2. The van der Waals surface area contributed by atoms with Gasteiger partial charge in [-0.3, -0.25) is 4.79 Å². The third-order valence-electron chi connectivity index (χ3n) is 4.74. The van der Waals surface area contributed by atoms with Crippen molar-refractivity contribution in [3.05, 3.63) is 99.5 Å². The molecule has 1 aliphatic rings. The summed E-state index contributed by atoms with van der Waals surface area (Å²) in [5.41, 5.74) is 2.55. The van der Waals surface area contributed by atoms with E-state index < -0.39 is 0 Å². The van der Waals surface area contributed by atoms with E-state index in [0.717, 1.165) is 22.6 Å². The van der Waals surface area contributed by atoms with Crippen LogP contribution < -0.4 is 4.74 Å². The molecule has 0 aromatic heterocycles. The highest BCUT2D eigenvalue weighted by atomic mass is 35.5. The highest BCUT2D eigenvalue weighted by Gasteiger charge is 2.33. The Morgan fingerprint density at radius 1 is 1.03 bits per heavy atom. The lowest BCUT2D eigenvalue weighted by atomic mass is 10.1. The summed E-state index contributed by atoms with van der Waals surface area (Å²) >= 11 is 14.0. The maximum absolute atomic E-state index is 13.2. The summed E-state index contributed by atoms with van der Waals surface area (Å²) in [5.74, 6) is 1.55. The number of thioether (sulfide) groups is 1. The number of rotatable bonds is 5. The van der Waals surface area contributed by atoms with Crippen molar-refractivity contribution in [3.63, 3.8) is 0 Å². The van der Waals surface area contributed by atoms with Gasteiger partial charge in [0, 0.05) is 22.9 Å². The molecule has 0 radical (unpaired) electrons. The normalized spacial score (nSPS) is 16.1. The lowest BCUT2D eigenvalue weighted by Gasteiger charge is -2.26. The van der Waals surface area contributed by atoms with Crippen molar-refractivity contribution in [2.24, 2.45) is 0 Å². The number of benzene rings is 3. The number of hydrogen-bond acceptors (Lipinski definition) is 3. The van der Waals surface area contributed by atoms with Gasteiger partial charge in [0.1, 0.15) is 17.7 Å². The highest BCUT2D eigenvalue weighted by molar-refractivity contribution is 7.99. The van der Waals surface area contributed by atoms with Crippen molar-refractivity contribution in [2.45, 2.75) is 12.0 Å². The third-order valence-corrected chi connectivity index (χ3v) is 6.53. The lowest BCUT2D eigenvalue weighted by molar-refractivity contribution is 0.0759. The Labute approximate surface area is 184 Å². The summed E-state index contributed by atoms with van der Waals surface area (Å²) in [7, 11) is 0. The molecule has 0 N–H and O–H groups in total. The molecule has 0 spiro atoms. The van der Waals surface area contributed by atoms with Gasteiger partial charge in [0.25, 0.3) is 5.91 Å². The van der Waals surface area contributed by atoms with Gasteiger partial charge in [-0.25, -0.2) is 0 Å². The van der Waals surface area contributed by atoms with Gasteiger partial charge in [0.15, 0.2) is 0 Å². The quantitative estimate of drug-likeness (QED) is 0.452. The van der Waals surface area contributed by atoms with Crippen LogP contribution in [0.1, 0.15) is 26.9 Å². The fourth-order valence-electron chi connectivity index (χ4n) is 3.30. The van der Waals surface area contributed by atoms with Crippen molar-refractivity contribution < 1.29 is 9.53 Å². The fourth-order valence-corrected chi connectivity index (χ4v) is 5.07. The predicted molar refractivity (Wildman–Crippen MR) is 120 cm³/mol. The fraction of sp³-hybridized carbons (Fsp3) is 0.174. The first kappa shape index (κ1) is 20.1. The summed E-state index contributed by atoms with van der Waals surface area (Å²) in [5, 5.41) is 0.756. The molecule has 148 valence electrons. The molecule has 0 aliphatic carbocycles. The topological polar surface area (TPSA) is 29.5 Å². The van der Waals surface area contributed by atoms with Crippen LogP contribution in [0.2, 0.25) is 10.0 Å². The Bertz CT molecular complexity index is 1010. The number of halogens is 2. The molecule has 3 nitrogen and oxygen atoms in total. The molecular weight excluding hydrogens is 425 g/mol. The van der Waals surface area contributed by atoms with Gasteiger partial charge in [0.2, 0.25) is 0 Å². The van der Waals surface area contributed by atoms with Crippen molar-refractivity contribution >= 4 is 40.9 Å². The average Bonchev–Trinajstić information content (AvgIpc) is 3.22. The van der Waals surface area contributed by atoms with Crippen LogP contribution in [0.15, 0.2) is 72.8 Å². The van der Waals surface area contributed by atoms with E-state index >= 15 is 0 Å². The summed E-state index contributed by atoms with van der Waals surface area (Å²) in [6.45, 7) is 1.13. The molecular formula is C23H19Cl2NO2S. The second kappa shape index (κ2) is 9.12. The number of para-hydroxylation sites is 1. The zero-order chi connectivity index (χ0) is 20.2. The second-order valence-corrected chi connectivity index (χ2v) is 8.69. The van der Waals surface area contributed by atoms with E-state index in [1.165, 1.54) is 0 Å². The Balaban J connectivity index is 1.58. The zero-order valence-corrected chi connectivity index (χ0v) is 17.9. The van der Waals surface area contributed by atoms with Crippen molar-refractivity contribution in [1.82, 2.24) is 4.90 Å². The first-order valence-electron chi connectivity index (χ1n) is 9.27. The Morgan fingerprint density at radius 3 is 2.59 bits per heavy atom. The lowest BCUT2D eigenvalue weighted by Crippen LogP contribution is -2.30. The first-order valence-corrected chi connectivity index (χ1v) is 11.1. The molecule has 0 bridgehead atoms. The maximum Gasteiger partial charge on any atom is 0.256 e. The minimum atomic E-state index is -0.124. The minimum absolute atomic E-state index is 0.0977. The van der Waals surface area contributed by atoms with Gasteiger partial charge in [-0.2, -0.15) is 0 Å². The van der Waals surface area contributed by atoms with Crippen LogP contribution >= 0.6 is 35.0 Å².